The van der Waals surface area contributed by atoms with Crippen LogP contribution in [0.15, 0.2) is 42.5 Å². The number of nitrogens with one attached hydrogen (secondary N) is 1. The molecule has 0 saturated carbocycles. The number of benzene rings is 2. The van der Waals surface area contributed by atoms with E-state index in [1.807, 2.05) is 0 Å². The molecule has 4 nitrogen and oxygen atoms in total. The van der Waals surface area contributed by atoms with E-state index in [4.69, 9.17) is 27.5 Å². The largest absolute Gasteiger partial charge is 0.486 e. The third-order valence-electron chi connectivity index (χ3n) is 3.34. The Balaban J connectivity index is 1.72. The summed E-state index contributed by atoms with van der Waals surface area (Å²) in [5.41, 5.74) is 2.09. The van der Waals surface area contributed by atoms with Crippen LogP contribution in [0, 0.1) is 12.3 Å². The Bertz CT molecular complexity index is 852. The van der Waals surface area contributed by atoms with Gasteiger partial charge < -0.3 is 14.8 Å². The molecular formula is C19H14ClNO3. The van der Waals surface area contributed by atoms with Crippen molar-refractivity contribution >= 4 is 29.3 Å². The highest BCUT2D eigenvalue weighted by Crippen LogP contribution is 2.38. The zero-order chi connectivity index (χ0) is 16.9. The highest BCUT2D eigenvalue weighted by atomic mass is 35.5. The van der Waals surface area contributed by atoms with E-state index in [-0.39, 0.29) is 5.91 Å². The molecule has 120 valence electrons. The van der Waals surface area contributed by atoms with E-state index in [1.54, 1.807) is 42.5 Å². The van der Waals surface area contributed by atoms with Gasteiger partial charge in [-0.05, 0) is 42.0 Å². The van der Waals surface area contributed by atoms with Gasteiger partial charge >= 0.3 is 0 Å². The standard InChI is InChI=1S/C19H14ClNO3/c1-2-13-4-3-5-15(10-13)21-18(22)7-6-14-11-16(20)19-17(12-14)23-8-9-24-19/h1,3-7,10-12H,8-9H2,(H,21,22). The minimum atomic E-state index is -0.268. The number of anilines is 1. The van der Waals surface area contributed by atoms with Gasteiger partial charge in [-0.3, -0.25) is 4.79 Å². The summed E-state index contributed by atoms with van der Waals surface area (Å²) < 4.78 is 11.0. The number of carbonyl (C=O) groups excluding carboxylic acids is 1. The van der Waals surface area contributed by atoms with Gasteiger partial charge in [-0.25, -0.2) is 0 Å². The normalized spacial score (nSPS) is 12.7. The number of hydrogen-bond acceptors (Lipinski definition) is 3. The van der Waals surface area contributed by atoms with Crippen molar-refractivity contribution in [2.75, 3.05) is 18.5 Å². The van der Waals surface area contributed by atoms with Crippen LogP contribution in [-0.4, -0.2) is 19.1 Å². The van der Waals surface area contributed by atoms with Crippen molar-refractivity contribution in [3.05, 3.63) is 58.6 Å². The van der Waals surface area contributed by atoms with E-state index in [0.29, 0.717) is 41.0 Å². The van der Waals surface area contributed by atoms with Crippen LogP contribution in [0.1, 0.15) is 11.1 Å². The fourth-order valence-electron chi connectivity index (χ4n) is 2.27. The summed E-state index contributed by atoms with van der Waals surface area (Å²) in [7, 11) is 0. The van der Waals surface area contributed by atoms with Crippen LogP contribution < -0.4 is 14.8 Å². The van der Waals surface area contributed by atoms with Crippen LogP contribution in [0.25, 0.3) is 6.08 Å². The van der Waals surface area contributed by atoms with Crippen LogP contribution in [-0.2, 0) is 4.79 Å². The molecule has 1 heterocycles. The summed E-state index contributed by atoms with van der Waals surface area (Å²) >= 11 is 6.17. The van der Waals surface area contributed by atoms with E-state index in [2.05, 4.69) is 11.2 Å². The monoisotopic (exact) mass is 339 g/mol. The second kappa shape index (κ2) is 7.12. The predicted octanol–water partition coefficient (Wildman–Crippen LogP) is 3.74. The molecule has 0 spiro atoms. The summed E-state index contributed by atoms with van der Waals surface area (Å²) in [5.74, 6) is 3.37. The van der Waals surface area contributed by atoms with Gasteiger partial charge in [0.25, 0.3) is 0 Å². The van der Waals surface area contributed by atoms with Gasteiger partial charge in [-0.15, -0.1) is 6.42 Å². The number of fused-ring (bicyclic) bond motifs is 1. The summed E-state index contributed by atoms with van der Waals surface area (Å²) in [5, 5.41) is 3.21. The minimum Gasteiger partial charge on any atom is -0.486 e. The lowest BCUT2D eigenvalue weighted by molar-refractivity contribution is -0.111. The van der Waals surface area contributed by atoms with Crippen LogP contribution in [0.4, 0.5) is 5.69 Å². The molecule has 1 aliphatic rings. The minimum absolute atomic E-state index is 0.268. The molecule has 0 radical (unpaired) electrons. The van der Waals surface area contributed by atoms with Gasteiger partial charge in [0.2, 0.25) is 5.91 Å². The van der Waals surface area contributed by atoms with Crippen LogP contribution in [0.3, 0.4) is 0 Å². The molecule has 5 heteroatoms. The van der Waals surface area contributed by atoms with Crippen molar-refractivity contribution in [3.8, 4) is 23.8 Å². The molecule has 0 bridgehead atoms. The van der Waals surface area contributed by atoms with Gasteiger partial charge in [0.15, 0.2) is 11.5 Å². The lowest BCUT2D eigenvalue weighted by Crippen LogP contribution is -2.15. The second-order valence-corrected chi connectivity index (χ2v) is 5.48. The maximum absolute atomic E-state index is 12.0. The van der Waals surface area contributed by atoms with Crippen molar-refractivity contribution in [3.63, 3.8) is 0 Å². The Hall–Kier alpha value is -2.90. The van der Waals surface area contributed by atoms with Crippen molar-refractivity contribution in [2.24, 2.45) is 0 Å². The van der Waals surface area contributed by atoms with E-state index in [9.17, 15) is 4.79 Å². The van der Waals surface area contributed by atoms with E-state index in [0.717, 1.165) is 5.56 Å². The number of ether oxygens (including phenoxy) is 2. The van der Waals surface area contributed by atoms with Gasteiger partial charge in [0.05, 0.1) is 5.02 Å². The fraction of sp³-hybridized carbons (Fsp3) is 0.105. The first-order valence-corrected chi connectivity index (χ1v) is 7.68. The molecular weight excluding hydrogens is 326 g/mol. The number of hydrogen-bond donors (Lipinski definition) is 1. The number of rotatable bonds is 3. The van der Waals surface area contributed by atoms with Crippen molar-refractivity contribution in [1.82, 2.24) is 0 Å². The highest BCUT2D eigenvalue weighted by molar-refractivity contribution is 6.32. The Morgan fingerprint density at radius 3 is 2.92 bits per heavy atom. The van der Waals surface area contributed by atoms with E-state index >= 15 is 0 Å². The second-order valence-electron chi connectivity index (χ2n) is 5.07. The molecule has 3 rings (SSSR count). The Labute approximate surface area is 145 Å². The maximum atomic E-state index is 12.0. The van der Waals surface area contributed by atoms with Crippen molar-refractivity contribution < 1.29 is 14.3 Å². The number of carbonyl (C=O) groups is 1. The molecule has 0 unspecified atom stereocenters. The third-order valence-corrected chi connectivity index (χ3v) is 3.62. The third kappa shape index (κ3) is 3.70. The molecule has 0 aliphatic carbocycles. The molecule has 0 aromatic heterocycles. The molecule has 0 saturated heterocycles. The van der Waals surface area contributed by atoms with Crippen LogP contribution in [0.5, 0.6) is 11.5 Å². The van der Waals surface area contributed by atoms with Crippen molar-refractivity contribution in [1.29, 1.82) is 0 Å². The van der Waals surface area contributed by atoms with Gasteiger partial charge in [-0.2, -0.15) is 0 Å². The Morgan fingerprint density at radius 1 is 1.25 bits per heavy atom. The summed E-state index contributed by atoms with van der Waals surface area (Å²) in [6.07, 6.45) is 8.42. The van der Waals surface area contributed by atoms with E-state index < -0.39 is 0 Å². The molecule has 0 atom stereocenters. The number of halogens is 1. The van der Waals surface area contributed by atoms with Gasteiger partial charge in [0.1, 0.15) is 13.2 Å². The quantitative estimate of drug-likeness (QED) is 0.684. The SMILES string of the molecule is C#Cc1cccc(NC(=O)C=Cc2cc(Cl)c3c(c2)OCCO3)c1. The lowest BCUT2D eigenvalue weighted by Gasteiger charge is -2.19. The van der Waals surface area contributed by atoms with Crippen LogP contribution in [0.2, 0.25) is 5.02 Å². The molecule has 2 aromatic rings. The molecule has 1 amide bonds. The first kappa shape index (κ1) is 16.0. The molecule has 0 fully saturated rings. The van der Waals surface area contributed by atoms with Gasteiger partial charge in [-0.1, -0.05) is 23.6 Å². The fourth-order valence-corrected chi connectivity index (χ4v) is 2.54. The zero-order valence-corrected chi connectivity index (χ0v) is 13.5. The smallest absolute Gasteiger partial charge is 0.248 e. The van der Waals surface area contributed by atoms with Crippen molar-refractivity contribution in [2.45, 2.75) is 0 Å². The Morgan fingerprint density at radius 2 is 2.08 bits per heavy atom. The first-order valence-electron chi connectivity index (χ1n) is 7.30. The lowest BCUT2D eigenvalue weighted by atomic mass is 10.1. The maximum Gasteiger partial charge on any atom is 0.248 e. The first-order chi connectivity index (χ1) is 11.7. The molecule has 1 N–H and O–H groups in total. The molecule has 1 aliphatic heterocycles. The molecule has 2 aromatic carbocycles. The summed E-state index contributed by atoms with van der Waals surface area (Å²) in [6.45, 7) is 0.948. The number of amides is 1. The van der Waals surface area contributed by atoms with Gasteiger partial charge in [0, 0.05) is 17.3 Å². The summed E-state index contributed by atoms with van der Waals surface area (Å²) in [4.78, 5) is 12.0. The Kier molecular flexibility index (Phi) is 4.74. The number of terminal acetylenes is 1. The van der Waals surface area contributed by atoms with Crippen LogP contribution >= 0.6 is 11.6 Å². The highest BCUT2D eigenvalue weighted by Gasteiger charge is 2.15. The molecule has 24 heavy (non-hydrogen) atoms. The predicted molar refractivity (Wildman–Crippen MR) is 94.5 cm³/mol. The average molecular weight is 340 g/mol. The summed E-state index contributed by atoms with van der Waals surface area (Å²) in [6, 6.07) is 10.6. The average Bonchev–Trinajstić information content (AvgIpc) is 2.60. The zero-order valence-electron chi connectivity index (χ0n) is 12.7. The van der Waals surface area contributed by atoms with E-state index in [1.165, 1.54) is 6.08 Å². The topological polar surface area (TPSA) is 47.6 Å².